The predicted octanol–water partition coefficient (Wildman–Crippen LogP) is 1.37. The van der Waals surface area contributed by atoms with E-state index < -0.39 is 0 Å². The van der Waals surface area contributed by atoms with Crippen LogP contribution in [-0.2, 0) is 4.79 Å². The highest BCUT2D eigenvalue weighted by Crippen LogP contribution is 2.30. The smallest absolute Gasteiger partial charge is 0.231 e. The number of aliphatic hydroxyl groups is 2. The second-order valence-corrected chi connectivity index (χ2v) is 9.51. The van der Waals surface area contributed by atoms with E-state index in [1.165, 1.54) is 11.3 Å². The fourth-order valence-corrected chi connectivity index (χ4v) is 4.78. The Kier molecular flexibility index (Phi) is 6.51. The summed E-state index contributed by atoms with van der Waals surface area (Å²) in [5.74, 6) is 2.11. The zero-order valence-electron chi connectivity index (χ0n) is 18.3. The van der Waals surface area contributed by atoms with Gasteiger partial charge < -0.3 is 25.6 Å². The molecule has 1 saturated carbocycles. The molecule has 2 fully saturated rings. The van der Waals surface area contributed by atoms with Gasteiger partial charge in [-0.3, -0.25) is 4.79 Å². The number of ether oxygens (including phenoxy) is 1. The lowest BCUT2D eigenvalue weighted by atomic mass is 9.85. The van der Waals surface area contributed by atoms with Crippen molar-refractivity contribution in [1.82, 2.24) is 24.8 Å². The van der Waals surface area contributed by atoms with Crippen LogP contribution in [0.1, 0.15) is 32.6 Å². The summed E-state index contributed by atoms with van der Waals surface area (Å²) in [7, 11) is 3.64. The van der Waals surface area contributed by atoms with Gasteiger partial charge in [0.15, 0.2) is 24.2 Å². The highest BCUT2D eigenvalue weighted by Gasteiger charge is 2.29. The summed E-state index contributed by atoms with van der Waals surface area (Å²) >= 11 is 1.36. The number of nitrogens with two attached hydrogens (primary N) is 1. The first-order valence-electron chi connectivity index (χ1n) is 10.8. The molecule has 31 heavy (non-hydrogen) atoms. The normalized spacial score (nSPS) is 24.1. The maximum atomic E-state index is 12.3. The number of rotatable bonds is 5. The van der Waals surface area contributed by atoms with E-state index in [1.54, 1.807) is 11.1 Å². The van der Waals surface area contributed by atoms with Crippen LogP contribution in [0.2, 0.25) is 0 Å². The van der Waals surface area contributed by atoms with Crippen molar-refractivity contribution < 1.29 is 9.53 Å². The van der Waals surface area contributed by atoms with Gasteiger partial charge in [0.05, 0.1) is 23.7 Å². The number of nitrogens with zero attached hydrogens (tertiary/aromatic N) is 6. The Morgan fingerprint density at radius 1 is 1.26 bits per heavy atom. The molecule has 11 heteroatoms. The van der Waals surface area contributed by atoms with Crippen LogP contribution in [0.3, 0.4) is 0 Å². The molecule has 10 nitrogen and oxygen atoms in total. The van der Waals surface area contributed by atoms with Crippen LogP contribution in [0, 0.1) is 5.92 Å². The van der Waals surface area contributed by atoms with Gasteiger partial charge in [-0.2, -0.15) is 15.0 Å². The number of anilines is 3. The molecule has 4 rings (SSSR count). The second kappa shape index (κ2) is 9.31. The monoisotopic (exact) mass is 447 g/mol. The minimum absolute atomic E-state index is 0.107. The summed E-state index contributed by atoms with van der Waals surface area (Å²) in [6.07, 6.45) is 5.27. The number of nitrogen functional groups attached to an aromatic ring is 1. The Bertz CT molecular complexity index is 912. The summed E-state index contributed by atoms with van der Waals surface area (Å²) in [5, 5.41) is 3.98. The Morgan fingerprint density at radius 2 is 2.03 bits per heavy atom. The highest BCUT2D eigenvalue weighted by atomic mass is 32.1. The topological polar surface area (TPSA) is 126 Å². The van der Waals surface area contributed by atoms with E-state index in [-0.39, 0.29) is 23.9 Å². The summed E-state index contributed by atoms with van der Waals surface area (Å²) < 4.78 is 4.48. The van der Waals surface area contributed by atoms with Crippen molar-refractivity contribution in [1.29, 1.82) is 0 Å². The summed E-state index contributed by atoms with van der Waals surface area (Å²) in [6, 6.07) is 0.463. The number of morpholine rings is 1. The molecule has 2 aromatic rings. The number of nitrogens with one attached hydrogen (secondary N) is 1. The highest BCUT2D eigenvalue weighted by molar-refractivity contribution is 7.18. The number of hydrogen-bond acceptors (Lipinski definition) is 9. The summed E-state index contributed by atoms with van der Waals surface area (Å²) in [6.45, 7) is 4.45. The molecule has 1 amide bonds. The zero-order chi connectivity index (χ0) is 22.0. The Balaban J connectivity index is 1.54. The second-order valence-electron chi connectivity index (χ2n) is 8.44. The van der Waals surface area contributed by atoms with Gasteiger partial charge in [-0.25, -0.2) is 4.98 Å². The maximum absolute atomic E-state index is 12.3. The number of aromatic nitrogens is 4. The van der Waals surface area contributed by atoms with Crippen molar-refractivity contribution in [2.24, 2.45) is 5.92 Å². The van der Waals surface area contributed by atoms with Crippen LogP contribution < -0.4 is 16.0 Å². The van der Waals surface area contributed by atoms with Gasteiger partial charge in [0.1, 0.15) is 0 Å². The lowest BCUT2D eigenvalue weighted by Gasteiger charge is -2.32. The van der Waals surface area contributed by atoms with E-state index >= 15 is 0 Å². The molecule has 0 aromatic carbocycles. The first-order valence-corrected chi connectivity index (χ1v) is 11.6. The van der Waals surface area contributed by atoms with Gasteiger partial charge in [0.2, 0.25) is 17.8 Å². The van der Waals surface area contributed by atoms with E-state index in [9.17, 15) is 4.79 Å². The molecule has 1 atom stereocenters. The first-order chi connectivity index (χ1) is 14.9. The van der Waals surface area contributed by atoms with Gasteiger partial charge in [-0.1, -0.05) is 11.3 Å². The molecule has 4 N–H and O–H groups in total. The molecule has 168 valence electrons. The van der Waals surface area contributed by atoms with Crippen molar-refractivity contribution in [2.45, 2.75) is 44.7 Å². The Hall–Kier alpha value is -2.53. The van der Waals surface area contributed by atoms with Crippen LogP contribution in [-0.4, -0.2) is 81.4 Å². The molecule has 3 heterocycles. The average Bonchev–Trinajstić information content (AvgIpc) is 3.20. The minimum atomic E-state index is 0.107. The quantitative estimate of drug-likeness (QED) is 0.658. The molecule has 1 aliphatic heterocycles. The van der Waals surface area contributed by atoms with Crippen molar-refractivity contribution in [2.75, 3.05) is 49.8 Å². The van der Waals surface area contributed by atoms with Gasteiger partial charge in [-0.05, 0) is 32.6 Å². The van der Waals surface area contributed by atoms with Crippen molar-refractivity contribution in [3.8, 4) is 10.7 Å². The van der Waals surface area contributed by atoms with Crippen molar-refractivity contribution in [3.63, 3.8) is 0 Å². The molecule has 1 aliphatic carbocycles. The third kappa shape index (κ3) is 5.04. The van der Waals surface area contributed by atoms with E-state index in [0.29, 0.717) is 22.9 Å². The third-order valence-electron chi connectivity index (χ3n) is 5.90. The molecule has 1 unspecified atom stereocenters. The van der Waals surface area contributed by atoms with Gasteiger partial charge in [0, 0.05) is 26.1 Å². The van der Waals surface area contributed by atoms with Crippen LogP contribution in [0.25, 0.3) is 10.7 Å². The van der Waals surface area contributed by atoms with Gasteiger partial charge in [-0.15, -0.1) is 0 Å². The molecule has 1 saturated heterocycles. The SMILES string of the molecule is CC1C[OH+]CCN1c1nc(NC2CCC(C(=O)N(C)C)CC2)nc(-c2cnc(N)s2)n1. The van der Waals surface area contributed by atoms with E-state index in [4.69, 9.17) is 15.7 Å². The van der Waals surface area contributed by atoms with Crippen LogP contribution in [0.5, 0.6) is 0 Å². The predicted molar refractivity (Wildman–Crippen MR) is 122 cm³/mol. The maximum Gasteiger partial charge on any atom is 0.231 e. The van der Waals surface area contributed by atoms with Crippen molar-refractivity contribution in [3.05, 3.63) is 6.20 Å². The fraction of sp³-hybridized carbons (Fsp3) is 0.650. The molecule has 0 bridgehead atoms. The number of thiazole rings is 1. The summed E-state index contributed by atoms with van der Waals surface area (Å²) in [4.78, 5) is 35.2. The largest absolute Gasteiger partial charge is 0.431 e. The molecule has 2 aliphatic rings. The van der Waals surface area contributed by atoms with Gasteiger partial charge >= 0.3 is 0 Å². The van der Waals surface area contributed by atoms with Crippen LogP contribution in [0.15, 0.2) is 6.20 Å². The first kappa shape index (κ1) is 21.7. The standard InChI is InChI=1S/C20H30N8O2S/c1-12-11-30-9-8-28(12)20-25-16(15-10-22-18(21)31-15)24-19(26-20)23-14-6-4-13(5-7-14)17(29)27(2)3/h10,12-14H,4-9,11H2,1-3H3,(H2,21,22)(H,23,24,25,26)/p+1. The lowest BCUT2D eigenvalue weighted by Crippen LogP contribution is -2.46. The molecule has 0 spiro atoms. The molecule has 2 aromatic heterocycles. The van der Waals surface area contributed by atoms with E-state index in [2.05, 4.69) is 31.8 Å². The molecule has 0 radical (unpaired) electrons. The van der Waals surface area contributed by atoms with E-state index in [0.717, 1.165) is 50.3 Å². The number of carbonyl (C=O) groups excluding carboxylic acids is 1. The fourth-order valence-electron chi connectivity index (χ4n) is 4.16. The Morgan fingerprint density at radius 3 is 2.68 bits per heavy atom. The minimum Gasteiger partial charge on any atom is -0.431 e. The number of hydrogen-bond donors (Lipinski definition) is 2. The van der Waals surface area contributed by atoms with Crippen LogP contribution in [0.4, 0.5) is 17.0 Å². The van der Waals surface area contributed by atoms with Crippen molar-refractivity contribution >= 4 is 34.3 Å². The number of carbonyl (C=O) groups is 1. The lowest BCUT2D eigenvalue weighted by molar-refractivity contribution is -0.133. The average molecular weight is 448 g/mol. The van der Waals surface area contributed by atoms with E-state index in [1.807, 2.05) is 14.1 Å². The van der Waals surface area contributed by atoms with Gasteiger partial charge in [0.25, 0.3) is 0 Å². The summed E-state index contributed by atoms with van der Waals surface area (Å²) in [5.41, 5.74) is 5.83. The zero-order valence-corrected chi connectivity index (χ0v) is 19.1. The Labute approximate surface area is 186 Å². The number of amides is 1. The third-order valence-corrected chi connectivity index (χ3v) is 6.72. The molecular weight excluding hydrogens is 416 g/mol. The molecular formula is C20H31N8O2S+. The van der Waals surface area contributed by atoms with Crippen LogP contribution >= 0.6 is 11.3 Å².